The zero-order valence-corrected chi connectivity index (χ0v) is 18.5. The van der Waals surface area contributed by atoms with Crippen molar-refractivity contribution in [2.75, 3.05) is 4.72 Å². The summed E-state index contributed by atoms with van der Waals surface area (Å²) in [4.78, 5) is 7.91. The third-order valence-corrected chi connectivity index (χ3v) is 7.60. The summed E-state index contributed by atoms with van der Waals surface area (Å²) < 4.78 is 33.6. The smallest absolute Gasteiger partial charge is 0.271 e. The van der Waals surface area contributed by atoms with E-state index in [1.165, 1.54) is 11.3 Å². The molecule has 0 amide bonds. The van der Waals surface area contributed by atoms with Gasteiger partial charge in [-0.2, -0.15) is 0 Å². The Kier molecular flexibility index (Phi) is 5.38. The number of hydrogen-bond donors (Lipinski definition) is 2. The highest BCUT2D eigenvalue weighted by molar-refractivity contribution is 7.94. The molecule has 0 aliphatic rings. The Morgan fingerprint density at radius 1 is 0.906 bits per heavy atom. The third-order valence-electron chi connectivity index (χ3n) is 4.82. The van der Waals surface area contributed by atoms with Crippen molar-refractivity contribution in [1.29, 1.82) is 0 Å². The maximum atomic E-state index is 12.5. The van der Waals surface area contributed by atoms with Crippen molar-refractivity contribution in [2.45, 2.75) is 10.6 Å². The van der Waals surface area contributed by atoms with E-state index < -0.39 is 10.0 Å². The van der Waals surface area contributed by atoms with E-state index >= 15 is 0 Å². The van der Waals surface area contributed by atoms with Crippen LogP contribution >= 0.6 is 11.3 Å². The van der Waals surface area contributed by atoms with Gasteiger partial charge in [0.15, 0.2) is 0 Å². The largest absolute Gasteiger partial charge is 0.457 e. The number of aromatic nitrogens is 2. The van der Waals surface area contributed by atoms with Crippen LogP contribution < -0.4 is 9.46 Å². The van der Waals surface area contributed by atoms with Crippen LogP contribution in [0.25, 0.3) is 11.0 Å². The summed E-state index contributed by atoms with van der Waals surface area (Å²) in [6.07, 6.45) is 0.622. The first-order chi connectivity index (χ1) is 15.5. The van der Waals surface area contributed by atoms with Crippen LogP contribution in [0.3, 0.4) is 0 Å². The van der Waals surface area contributed by atoms with Crippen LogP contribution in [-0.2, 0) is 16.4 Å². The minimum absolute atomic E-state index is 0.280. The number of sulfonamides is 1. The van der Waals surface area contributed by atoms with Crippen molar-refractivity contribution in [3.8, 4) is 11.5 Å². The second-order valence-electron chi connectivity index (χ2n) is 7.19. The zero-order chi connectivity index (χ0) is 22.0. The number of nitrogens with one attached hydrogen (secondary N) is 2. The predicted molar refractivity (Wildman–Crippen MR) is 127 cm³/mol. The van der Waals surface area contributed by atoms with Crippen LogP contribution in [0.15, 0.2) is 94.5 Å². The number of rotatable bonds is 7. The minimum atomic E-state index is -3.58. The molecule has 0 spiro atoms. The maximum Gasteiger partial charge on any atom is 0.271 e. The molecule has 8 heteroatoms. The number of ether oxygens (including phenoxy) is 1. The molecule has 0 aliphatic carbocycles. The maximum absolute atomic E-state index is 12.5. The molecule has 6 nitrogen and oxygen atoms in total. The molecule has 160 valence electrons. The highest BCUT2D eigenvalue weighted by atomic mass is 32.2. The van der Waals surface area contributed by atoms with Crippen LogP contribution in [0, 0.1) is 0 Å². The van der Waals surface area contributed by atoms with Crippen LogP contribution in [0.2, 0.25) is 0 Å². The van der Waals surface area contributed by atoms with E-state index in [1.807, 2.05) is 54.6 Å². The fourth-order valence-electron chi connectivity index (χ4n) is 3.32. The lowest BCUT2D eigenvalue weighted by Gasteiger charge is -2.06. The topological polar surface area (TPSA) is 84.1 Å². The van der Waals surface area contributed by atoms with Gasteiger partial charge in [0.25, 0.3) is 10.0 Å². The molecular formula is C24H19N3O3S2. The number of nitrogens with zero attached hydrogens (tertiary/aromatic N) is 1. The first kappa shape index (κ1) is 20.3. The number of benzene rings is 3. The quantitative estimate of drug-likeness (QED) is 0.320. The number of H-pyrrole nitrogens is 1. The molecule has 5 aromatic rings. The van der Waals surface area contributed by atoms with Crippen LogP contribution in [0.5, 0.6) is 11.5 Å². The minimum Gasteiger partial charge on any atom is -0.457 e. The first-order valence-corrected chi connectivity index (χ1v) is 12.3. The van der Waals surface area contributed by atoms with E-state index in [1.54, 1.807) is 35.7 Å². The number of fused-ring (bicyclic) bond motifs is 1. The van der Waals surface area contributed by atoms with E-state index in [9.17, 15) is 8.42 Å². The van der Waals surface area contributed by atoms with Gasteiger partial charge < -0.3 is 9.72 Å². The lowest BCUT2D eigenvalue weighted by Crippen LogP contribution is -2.11. The zero-order valence-electron chi connectivity index (χ0n) is 16.9. The Bertz CT molecular complexity index is 1440. The SMILES string of the molecule is O=S(=O)(Nc1ccc2nc(Cc3ccc(Oc4ccccc4)cc3)[nH]c2c1)c1cccs1. The third kappa shape index (κ3) is 4.51. The summed E-state index contributed by atoms with van der Waals surface area (Å²) in [6.45, 7) is 0. The van der Waals surface area contributed by atoms with Gasteiger partial charge in [0.1, 0.15) is 21.5 Å². The van der Waals surface area contributed by atoms with Crippen molar-refractivity contribution in [3.63, 3.8) is 0 Å². The summed E-state index contributed by atoms with van der Waals surface area (Å²) in [6, 6.07) is 26.1. The van der Waals surface area contributed by atoms with Crippen molar-refractivity contribution in [3.05, 3.63) is 102 Å². The Morgan fingerprint density at radius 3 is 2.44 bits per heavy atom. The molecule has 0 atom stereocenters. The Morgan fingerprint density at radius 2 is 1.69 bits per heavy atom. The molecule has 0 saturated carbocycles. The summed E-state index contributed by atoms with van der Waals surface area (Å²) in [5.74, 6) is 2.37. The van der Waals surface area contributed by atoms with Crippen LogP contribution in [-0.4, -0.2) is 18.4 Å². The fourth-order valence-corrected chi connectivity index (χ4v) is 5.37. The summed E-state index contributed by atoms with van der Waals surface area (Å²) in [7, 11) is -3.58. The average Bonchev–Trinajstić information content (AvgIpc) is 3.46. The number of hydrogen-bond acceptors (Lipinski definition) is 5. The van der Waals surface area contributed by atoms with E-state index in [0.717, 1.165) is 33.9 Å². The molecule has 2 N–H and O–H groups in total. The molecule has 0 aliphatic heterocycles. The molecule has 0 unspecified atom stereocenters. The molecule has 0 bridgehead atoms. The molecular weight excluding hydrogens is 442 g/mol. The van der Waals surface area contributed by atoms with E-state index in [4.69, 9.17) is 4.74 Å². The van der Waals surface area contributed by atoms with Crippen molar-refractivity contribution < 1.29 is 13.2 Å². The monoisotopic (exact) mass is 461 g/mol. The number of aromatic amines is 1. The van der Waals surface area contributed by atoms with Crippen LogP contribution in [0.4, 0.5) is 5.69 Å². The molecule has 0 saturated heterocycles. The van der Waals surface area contributed by atoms with Crippen molar-refractivity contribution in [2.24, 2.45) is 0 Å². The van der Waals surface area contributed by atoms with E-state index in [0.29, 0.717) is 12.1 Å². The molecule has 0 fully saturated rings. The number of imidazole rings is 1. The second kappa shape index (κ2) is 8.49. The van der Waals surface area contributed by atoms with Gasteiger partial charge in [-0.25, -0.2) is 13.4 Å². The summed E-state index contributed by atoms with van der Waals surface area (Å²) >= 11 is 1.18. The van der Waals surface area contributed by atoms with Gasteiger partial charge in [-0.1, -0.05) is 36.4 Å². The van der Waals surface area contributed by atoms with Gasteiger partial charge in [0, 0.05) is 6.42 Å². The number of para-hydroxylation sites is 1. The molecule has 32 heavy (non-hydrogen) atoms. The number of anilines is 1. The Hall–Kier alpha value is -3.62. The van der Waals surface area contributed by atoms with Gasteiger partial charge >= 0.3 is 0 Å². The molecule has 2 aromatic heterocycles. The van der Waals surface area contributed by atoms with Gasteiger partial charge in [-0.15, -0.1) is 11.3 Å². The average molecular weight is 462 g/mol. The predicted octanol–water partition coefficient (Wildman–Crippen LogP) is 5.81. The van der Waals surface area contributed by atoms with Gasteiger partial charge in [0.2, 0.25) is 0 Å². The highest BCUT2D eigenvalue weighted by Crippen LogP contribution is 2.25. The van der Waals surface area contributed by atoms with Crippen molar-refractivity contribution >= 4 is 38.1 Å². The Balaban J connectivity index is 1.30. The number of thiophene rings is 1. The lowest BCUT2D eigenvalue weighted by molar-refractivity contribution is 0.482. The van der Waals surface area contributed by atoms with Gasteiger partial charge in [-0.05, 0) is 59.5 Å². The highest BCUT2D eigenvalue weighted by Gasteiger charge is 2.15. The van der Waals surface area contributed by atoms with Crippen molar-refractivity contribution in [1.82, 2.24) is 9.97 Å². The van der Waals surface area contributed by atoms with E-state index in [-0.39, 0.29) is 4.21 Å². The van der Waals surface area contributed by atoms with Crippen LogP contribution in [0.1, 0.15) is 11.4 Å². The standard InChI is InChI=1S/C24H19N3O3S2/c28-32(29,24-7-4-14-31-24)27-18-10-13-21-22(16-18)26-23(25-21)15-17-8-11-20(12-9-17)30-19-5-2-1-3-6-19/h1-14,16,27H,15H2,(H,25,26). The fraction of sp³-hybridized carbons (Fsp3) is 0.0417. The molecule has 3 aromatic carbocycles. The van der Waals surface area contributed by atoms with Gasteiger partial charge in [0.05, 0.1) is 16.7 Å². The van der Waals surface area contributed by atoms with Gasteiger partial charge in [-0.3, -0.25) is 4.72 Å². The first-order valence-electron chi connectivity index (χ1n) is 9.92. The van der Waals surface area contributed by atoms with E-state index in [2.05, 4.69) is 14.7 Å². The summed E-state index contributed by atoms with van der Waals surface area (Å²) in [5.41, 5.74) is 3.13. The second-order valence-corrected chi connectivity index (χ2v) is 10.0. The lowest BCUT2D eigenvalue weighted by atomic mass is 10.1. The molecule has 2 heterocycles. The summed E-state index contributed by atoms with van der Waals surface area (Å²) in [5, 5.41) is 1.74. The molecule has 0 radical (unpaired) electrons. The Labute approximate surface area is 189 Å². The normalized spacial score (nSPS) is 11.5. The molecule has 5 rings (SSSR count).